The van der Waals surface area contributed by atoms with Crippen molar-refractivity contribution in [1.82, 2.24) is 14.9 Å². The molecule has 2 aromatic rings. The molecule has 7 heteroatoms. The van der Waals surface area contributed by atoms with Crippen LogP contribution < -0.4 is 16.2 Å². The molecule has 1 fully saturated rings. The number of fused-ring (bicyclic) bond motifs is 1. The number of aromatic nitrogens is 2. The van der Waals surface area contributed by atoms with Crippen molar-refractivity contribution < 1.29 is 0 Å². The summed E-state index contributed by atoms with van der Waals surface area (Å²) in [5.41, 5.74) is 1.59. The van der Waals surface area contributed by atoms with Crippen molar-refractivity contribution in [1.29, 1.82) is 0 Å². The van der Waals surface area contributed by atoms with Crippen LogP contribution in [0.5, 0.6) is 0 Å². The van der Waals surface area contributed by atoms with Crippen LogP contribution in [-0.4, -0.2) is 27.8 Å². The number of aryl methyl sites for hydroxylation is 1. The summed E-state index contributed by atoms with van der Waals surface area (Å²) >= 11 is 1.70. The van der Waals surface area contributed by atoms with Gasteiger partial charge in [0.2, 0.25) is 11.9 Å². The predicted octanol–water partition coefficient (Wildman–Crippen LogP) is 3.52. The van der Waals surface area contributed by atoms with Gasteiger partial charge in [0.05, 0.1) is 0 Å². The topological polar surface area (TPSA) is 71.3 Å². The fraction of sp³-hybridized carbons (Fsp3) is 0.450. The Hall–Kier alpha value is -2.28. The maximum absolute atomic E-state index is 12.7. The number of anilines is 1. The summed E-state index contributed by atoms with van der Waals surface area (Å²) in [7, 11) is 0. The minimum Gasteiger partial charge on any atom is -0.353 e. The number of hydrogen-bond donors (Lipinski definition) is 2. The predicted molar refractivity (Wildman–Crippen MR) is 111 cm³/mol. The summed E-state index contributed by atoms with van der Waals surface area (Å²) in [6, 6.07) is 10.2. The maximum atomic E-state index is 12.7. The molecular weight excluding hydrogens is 358 g/mol. The molecule has 2 aliphatic rings. The van der Waals surface area contributed by atoms with Crippen LogP contribution >= 0.6 is 11.8 Å². The summed E-state index contributed by atoms with van der Waals surface area (Å²) in [6.07, 6.45) is 7.75. The van der Waals surface area contributed by atoms with E-state index in [4.69, 9.17) is 4.99 Å². The van der Waals surface area contributed by atoms with E-state index in [1.165, 1.54) is 24.2 Å². The minimum absolute atomic E-state index is 0.0931. The Balaban J connectivity index is 1.71. The second-order valence-corrected chi connectivity index (χ2v) is 8.04. The van der Waals surface area contributed by atoms with Crippen LogP contribution in [0.1, 0.15) is 49.5 Å². The normalized spacial score (nSPS) is 19.8. The number of rotatable bonds is 3. The molecule has 0 spiro atoms. The van der Waals surface area contributed by atoms with E-state index in [2.05, 4.69) is 34.0 Å². The third kappa shape index (κ3) is 3.88. The Kier molecular flexibility index (Phi) is 5.20. The van der Waals surface area contributed by atoms with E-state index in [1.54, 1.807) is 22.4 Å². The highest BCUT2D eigenvalue weighted by atomic mass is 32.2. The minimum atomic E-state index is -0.413. The van der Waals surface area contributed by atoms with E-state index in [0.717, 1.165) is 18.4 Å². The average Bonchev–Trinajstić information content (AvgIpc) is 2.68. The number of nitrogens with one attached hydrogen (secondary N) is 2. The van der Waals surface area contributed by atoms with Gasteiger partial charge in [-0.2, -0.15) is 0 Å². The van der Waals surface area contributed by atoms with Gasteiger partial charge in [-0.25, -0.2) is 9.98 Å². The van der Waals surface area contributed by atoms with Crippen LogP contribution in [0.3, 0.4) is 0 Å². The largest absolute Gasteiger partial charge is 0.353 e. The number of benzene rings is 1. The second-order valence-electron chi connectivity index (χ2n) is 7.16. The van der Waals surface area contributed by atoms with E-state index in [-0.39, 0.29) is 5.56 Å². The molecule has 6 nitrogen and oxygen atoms in total. The van der Waals surface area contributed by atoms with Crippen molar-refractivity contribution in [2.24, 2.45) is 4.99 Å². The summed E-state index contributed by atoms with van der Waals surface area (Å²) in [6.45, 7) is 1.84. The molecule has 2 N–H and O–H groups in total. The lowest BCUT2D eigenvalue weighted by atomic mass is 9.96. The van der Waals surface area contributed by atoms with E-state index < -0.39 is 6.17 Å². The van der Waals surface area contributed by atoms with Crippen molar-refractivity contribution in [3.63, 3.8) is 0 Å². The van der Waals surface area contributed by atoms with Gasteiger partial charge in [-0.05, 0) is 43.7 Å². The Morgan fingerprint density at radius 2 is 1.93 bits per heavy atom. The Morgan fingerprint density at radius 3 is 2.63 bits per heavy atom. The van der Waals surface area contributed by atoms with Crippen molar-refractivity contribution in [3.8, 4) is 0 Å². The quantitative estimate of drug-likeness (QED) is 0.794. The summed E-state index contributed by atoms with van der Waals surface area (Å²) in [5.74, 6) is 1.26. The first-order chi connectivity index (χ1) is 13.1. The molecule has 1 aliphatic heterocycles. The molecule has 0 radical (unpaired) electrons. The molecule has 1 aliphatic carbocycles. The summed E-state index contributed by atoms with van der Waals surface area (Å²) in [5, 5.41) is 6.77. The van der Waals surface area contributed by atoms with Crippen molar-refractivity contribution in [2.75, 3.05) is 11.6 Å². The zero-order valence-corrected chi connectivity index (χ0v) is 16.6. The fourth-order valence-electron chi connectivity index (χ4n) is 3.76. The zero-order valence-electron chi connectivity index (χ0n) is 15.7. The summed E-state index contributed by atoms with van der Waals surface area (Å²) in [4.78, 5) is 23.3. The maximum Gasteiger partial charge on any atom is 0.257 e. The highest BCUT2D eigenvalue weighted by molar-refractivity contribution is 7.98. The SMILES string of the molecule is CSc1ccc([C@H]2N=C(NC3CCCCC3)Nc3nc(C)cc(=O)n32)cc1. The lowest BCUT2D eigenvalue weighted by molar-refractivity contribution is 0.410. The third-order valence-electron chi connectivity index (χ3n) is 5.17. The first-order valence-electron chi connectivity index (χ1n) is 9.49. The molecule has 1 aromatic carbocycles. The smallest absolute Gasteiger partial charge is 0.257 e. The monoisotopic (exact) mass is 383 g/mol. The van der Waals surface area contributed by atoms with Crippen LogP contribution in [0.2, 0.25) is 0 Å². The van der Waals surface area contributed by atoms with E-state index >= 15 is 0 Å². The number of thioether (sulfide) groups is 1. The molecule has 1 atom stereocenters. The number of guanidine groups is 1. The highest BCUT2D eigenvalue weighted by Gasteiger charge is 2.26. The van der Waals surface area contributed by atoms with Gasteiger partial charge in [-0.3, -0.25) is 14.7 Å². The molecule has 4 rings (SSSR count). The first kappa shape index (κ1) is 18.1. The van der Waals surface area contributed by atoms with E-state index in [0.29, 0.717) is 23.6 Å². The van der Waals surface area contributed by atoms with Gasteiger partial charge in [-0.15, -0.1) is 11.8 Å². The standard InChI is InChI=1S/C20H25N5OS/c1-13-12-17(26)25-18(14-8-10-16(27-2)11-9-14)23-19(24-20(25)21-13)22-15-6-4-3-5-7-15/h8-12,15,18H,3-7H2,1-2H3,(H2,21,22,23,24)/t18-/m0/s1. The van der Waals surface area contributed by atoms with Crippen LogP contribution in [0.25, 0.3) is 0 Å². The molecule has 0 bridgehead atoms. The Labute approximate surface area is 163 Å². The van der Waals surface area contributed by atoms with Gasteiger partial charge in [0.1, 0.15) is 0 Å². The molecule has 142 valence electrons. The summed E-state index contributed by atoms with van der Waals surface area (Å²) < 4.78 is 1.63. The molecule has 0 amide bonds. The van der Waals surface area contributed by atoms with Crippen LogP contribution in [0.15, 0.2) is 45.0 Å². The molecule has 0 saturated heterocycles. The average molecular weight is 384 g/mol. The zero-order chi connectivity index (χ0) is 18.8. The Morgan fingerprint density at radius 1 is 1.19 bits per heavy atom. The lowest BCUT2D eigenvalue weighted by Crippen LogP contribution is -2.45. The van der Waals surface area contributed by atoms with Crippen LogP contribution in [-0.2, 0) is 0 Å². The number of hydrogen-bond acceptors (Lipinski definition) is 6. The molecule has 27 heavy (non-hydrogen) atoms. The van der Waals surface area contributed by atoms with Gasteiger partial charge in [-0.1, -0.05) is 31.4 Å². The van der Waals surface area contributed by atoms with Crippen molar-refractivity contribution in [3.05, 3.63) is 51.9 Å². The number of aliphatic imine (C=N–C) groups is 1. The molecule has 1 aromatic heterocycles. The van der Waals surface area contributed by atoms with Crippen molar-refractivity contribution in [2.45, 2.75) is 56.1 Å². The lowest BCUT2D eigenvalue weighted by Gasteiger charge is -2.30. The van der Waals surface area contributed by atoms with E-state index in [1.807, 2.05) is 19.1 Å². The molecule has 1 saturated carbocycles. The first-order valence-corrected chi connectivity index (χ1v) is 10.7. The molecular formula is C20H25N5OS. The van der Waals surface area contributed by atoms with E-state index in [9.17, 15) is 4.79 Å². The molecule has 0 unspecified atom stereocenters. The Bertz CT molecular complexity index is 900. The second kappa shape index (κ2) is 7.76. The van der Waals surface area contributed by atoms with Gasteiger partial charge in [0.15, 0.2) is 6.17 Å². The molecule has 2 heterocycles. The van der Waals surface area contributed by atoms with Crippen LogP contribution in [0.4, 0.5) is 5.95 Å². The number of nitrogens with zero attached hydrogens (tertiary/aromatic N) is 3. The van der Waals surface area contributed by atoms with Gasteiger partial charge in [0.25, 0.3) is 5.56 Å². The van der Waals surface area contributed by atoms with Crippen LogP contribution in [0, 0.1) is 6.92 Å². The van der Waals surface area contributed by atoms with Gasteiger partial charge < -0.3 is 5.32 Å². The van der Waals surface area contributed by atoms with Gasteiger partial charge in [0, 0.05) is 22.7 Å². The third-order valence-corrected chi connectivity index (χ3v) is 5.91. The van der Waals surface area contributed by atoms with Crippen molar-refractivity contribution >= 4 is 23.7 Å². The fourth-order valence-corrected chi connectivity index (χ4v) is 4.17. The van der Waals surface area contributed by atoms with Gasteiger partial charge >= 0.3 is 0 Å². The highest BCUT2D eigenvalue weighted by Crippen LogP contribution is 2.27.